The second kappa shape index (κ2) is 10.4. The van der Waals surface area contributed by atoms with Gasteiger partial charge in [0.2, 0.25) is 0 Å². The summed E-state index contributed by atoms with van der Waals surface area (Å²) in [6.07, 6.45) is 0.634. The summed E-state index contributed by atoms with van der Waals surface area (Å²) in [5.41, 5.74) is 1.41. The highest BCUT2D eigenvalue weighted by Gasteiger charge is 2.11. The monoisotopic (exact) mass is 454 g/mol. The van der Waals surface area contributed by atoms with E-state index in [-0.39, 0.29) is 19.0 Å². The Morgan fingerprint density at radius 2 is 1.59 bits per heavy atom. The molecule has 0 atom stereocenters. The fourth-order valence-corrected chi connectivity index (χ4v) is 2.77. The summed E-state index contributed by atoms with van der Waals surface area (Å²) in [5.74, 6) is -0.222. The van der Waals surface area contributed by atoms with Gasteiger partial charge in [0, 0.05) is 10.9 Å². The van der Waals surface area contributed by atoms with Crippen LogP contribution in [-0.4, -0.2) is 25.2 Å². The molecule has 3 aromatic carbocycles. The molecule has 0 bridgehead atoms. The molecule has 29 heavy (non-hydrogen) atoms. The lowest BCUT2D eigenvalue weighted by Gasteiger charge is -2.08. The van der Waals surface area contributed by atoms with E-state index in [1.165, 1.54) is 6.07 Å². The first-order valence-corrected chi connectivity index (χ1v) is 9.79. The van der Waals surface area contributed by atoms with Crippen LogP contribution >= 0.6 is 15.9 Å². The number of rotatable bonds is 8. The van der Waals surface area contributed by atoms with Crippen LogP contribution in [0.15, 0.2) is 83.3 Å². The highest BCUT2D eigenvalue weighted by Crippen LogP contribution is 2.17. The van der Waals surface area contributed by atoms with Gasteiger partial charge in [0.05, 0.1) is 12.2 Å². The van der Waals surface area contributed by atoms with E-state index in [1.54, 1.807) is 30.3 Å². The third-order valence-electron chi connectivity index (χ3n) is 3.94. The SMILES string of the molecule is O=C(COc1ccc(Br)cc1)Oc1cccc(C(=O)OCCc2ccccc2)c1. The van der Waals surface area contributed by atoms with Gasteiger partial charge in [-0.1, -0.05) is 52.3 Å². The van der Waals surface area contributed by atoms with Crippen molar-refractivity contribution in [2.24, 2.45) is 0 Å². The molecule has 6 heteroatoms. The predicted molar refractivity (Wildman–Crippen MR) is 112 cm³/mol. The van der Waals surface area contributed by atoms with E-state index in [0.717, 1.165) is 10.0 Å². The zero-order chi connectivity index (χ0) is 20.5. The summed E-state index contributed by atoms with van der Waals surface area (Å²) in [7, 11) is 0. The van der Waals surface area contributed by atoms with Crippen molar-refractivity contribution in [2.45, 2.75) is 6.42 Å². The van der Waals surface area contributed by atoms with Crippen molar-refractivity contribution in [3.8, 4) is 11.5 Å². The molecule has 0 spiro atoms. The van der Waals surface area contributed by atoms with E-state index in [4.69, 9.17) is 14.2 Å². The maximum atomic E-state index is 12.2. The fourth-order valence-electron chi connectivity index (χ4n) is 2.51. The van der Waals surface area contributed by atoms with Crippen molar-refractivity contribution in [1.29, 1.82) is 0 Å². The third kappa shape index (κ3) is 6.76. The number of esters is 2. The molecule has 0 saturated heterocycles. The predicted octanol–water partition coefficient (Wildman–Crippen LogP) is 4.83. The molecular weight excluding hydrogens is 436 g/mol. The van der Waals surface area contributed by atoms with E-state index in [9.17, 15) is 9.59 Å². The molecule has 0 fully saturated rings. The number of hydrogen-bond acceptors (Lipinski definition) is 5. The molecule has 0 amide bonds. The zero-order valence-electron chi connectivity index (χ0n) is 15.5. The first-order chi connectivity index (χ1) is 14.1. The minimum absolute atomic E-state index is 0.243. The smallest absolute Gasteiger partial charge is 0.349 e. The zero-order valence-corrected chi connectivity index (χ0v) is 17.1. The van der Waals surface area contributed by atoms with Gasteiger partial charge in [0.1, 0.15) is 11.5 Å². The lowest BCUT2D eigenvalue weighted by molar-refractivity contribution is -0.136. The van der Waals surface area contributed by atoms with Crippen molar-refractivity contribution < 1.29 is 23.8 Å². The lowest BCUT2D eigenvalue weighted by Crippen LogP contribution is -2.18. The number of ether oxygens (including phenoxy) is 3. The molecule has 3 rings (SSSR count). The fraction of sp³-hybridized carbons (Fsp3) is 0.130. The summed E-state index contributed by atoms with van der Waals surface area (Å²) in [6, 6.07) is 23.2. The van der Waals surface area contributed by atoms with Crippen LogP contribution in [0.1, 0.15) is 15.9 Å². The molecule has 0 heterocycles. The summed E-state index contributed by atoms with van der Waals surface area (Å²) < 4.78 is 16.8. The molecule has 0 saturated carbocycles. The maximum Gasteiger partial charge on any atom is 0.349 e. The third-order valence-corrected chi connectivity index (χ3v) is 4.47. The summed E-state index contributed by atoms with van der Waals surface area (Å²) in [6.45, 7) is 0.0290. The van der Waals surface area contributed by atoms with Crippen molar-refractivity contribution in [3.63, 3.8) is 0 Å². The molecular formula is C23H19BrO5. The number of hydrogen-bond donors (Lipinski definition) is 0. The molecule has 0 radical (unpaired) electrons. The quantitative estimate of drug-likeness (QED) is 0.360. The average Bonchev–Trinajstić information content (AvgIpc) is 2.74. The number of carbonyl (C=O) groups is 2. The van der Waals surface area contributed by atoms with Crippen LogP contribution in [0.3, 0.4) is 0 Å². The molecule has 0 unspecified atom stereocenters. The Balaban J connectivity index is 1.48. The van der Waals surface area contributed by atoms with Gasteiger partial charge in [-0.05, 0) is 48.0 Å². The van der Waals surface area contributed by atoms with E-state index < -0.39 is 11.9 Å². The van der Waals surface area contributed by atoms with E-state index in [2.05, 4.69) is 15.9 Å². The molecule has 0 aliphatic carbocycles. The van der Waals surface area contributed by atoms with Crippen molar-refractivity contribution >= 4 is 27.9 Å². The molecule has 0 N–H and O–H groups in total. The Kier molecular flexibility index (Phi) is 7.41. The van der Waals surface area contributed by atoms with Gasteiger partial charge in [-0.15, -0.1) is 0 Å². The Bertz CT molecular complexity index is 955. The van der Waals surface area contributed by atoms with E-state index in [0.29, 0.717) is 17.7 Å². The van der Waals surface area contributed by atoms with Crippen LogP contribution < -0.4 is 9.47 Å². The number of halogens is 1. The van der Waals surface area contributed by atoms with Crippen LogP contribution in [0.4, 0.5) is 0 Å². The van der Waals surface area contributed by atoms with Gasteiger partial charge >= 0.3 is 11.9 Å². The van der Waals surface area contributed by atoms with Gasteiger partial charge in [-0.2, -0.15) is 0 Å². The van der Waals surface area contributed by atoms with E-state index in [1.807, 2.05) is 42.5 Å². The maximum absolute atomic E-state index is 12.2. The standard InChI is InChI=1S/C23H19BrO5/c24-19-9-11-20(12-10-19)28-16-22(25)29-21-8-4-7-18(15-21)23(26)27-14-13-17-5-2-1-3-6-17/h1-12,15H,13-14,16H2. The van der Waals surface area contributed by atoms with Crippen LogP contribution in [0.25, 0.3) is 0 Å². The number of benzene rings is 3. The molecule has 0 aliphatic heterocycles. The second-order valence-corrected chi connectivity index (χ2v) is 7.03. The van der Waals surface area contributed by atoms with Gasteiger partial charge in [-0.3, -0.25) is 0 Å². The molecule has 3 aromatic rings. The van der Waals surface area contributed by atoms with Gasteiger partial charge < -0.3 is 14.2 Å². The average molecular weight is 455 g/mol. The molecule has 0 aromatic heterocycles. The normalized spacial score (nSPS) is 10.2. The van der Waals surface area contributed by atoms with Gasteiger partial charge in [0.25, 0.3) is 0 Å². The second-order valence-electron chi connectivity index (χ2n) is 6.12. The summed E-state index contributed by atoms with van der Waals surface area (Å²) >= 11 is 3.33. The Labute approximate surface area is 177 Å². The highest BCUT2D eigenvalue weighted by molar-refractivity contribution is 9.10. The van der Waals surface area contributed by atoms with Crippen LogP contribution in [-0.2, 0) is 16.0 Å². The van der Waals surface area contributed by atoms with Crippen LogP contribution in [0.2, 0.25) is 0 Å². The minimum atomic E-state index is -0.567. The highest BCUT2D eigenvalue weighted by atomic mass is 79.9. The largest absolute Gasteiger partial charge is 0.482 e. The van der Waals surface area contributed by atoms with E-state index >= 15 is 0 Å². The van der Waals surface area contributed by atoms with Gasteiger partial charge in [-0.25, -0.2) is 9.59 Å². The molecule has 148 valence electrons. The van der Waals surface area contributed by atoms with Crippen LogP contribution in [0.5, 0.6) is 11.5 Å². The number of carbonyl (C=O) groups excluding carboxylic acids is 2. The van der Waals surface area contributed by atoms with Crippen molar-refractivity contribution in [1.82, 2.24) is 0 Å². The first kappa shape index (κ1) is 20.6. The topological polar surface area (TPSA) is 61.8 Å². The Morgan fingerprint density at radius 3 is 2.34 bits per heavy atom. The molecule has 5 nitrogen and oxygen atoms in total. The summed E-state index contributed by atoms with van der Waals surface area (Å²) in [4.78, 5) is 24.2. The Hall–Kier alpha value is -3.12. The van der Waals surface area contributed by atoms with Crippen molar-refractivity contribution in [2.75, 3.05) is 13.2 Å². The lowest BCUT2D eigenvalue weighted by atomic mass is 10.2. The first-order valence-electron chi connectivity index (χ1n) is 9.00. The van der Waals surface area contributed by atoms with Crippen LogP contribution in [0, 0.1) is 0 Å². The van der Waals surface area contributed by atoms with Gasteiger partial charge in [0.15, 0.2) is 6.61 Å². The Morgan fingerprint density at radius 1 is 0.828 bits per heavy atom. The minimum Gasteiger partial charge on any atom is -0.482 e. The van der Waals surface area contributed by atoms with Crippen molar-refractivity contribution in [3.05, 3.63) is 94.5 Å². The summed E-state index contributed by atoms with van der Waals surface area (Å²) in [5, 5.41) is 0. The molecule has 0 aliphatic rings.